The van der Waals surface area contributed by atoms with Crippen molar-refractivity contribution in [3.63, 3.8) is 0 Å². The van der Waals surface area contributed by atoms with Crippen LogP contribution in [0.5, 0.6) is 0 Å². The molecule has 0 unspecified atom stereocenters. The van der Waals surface area contributed by atoms with Crippen LogP contribution in [0, 0.1) is 11.3 Å². The van der Waals surface area contributed by atoms with Gasteiger partial charge in [0.2, 0.25) is 29.5 Å². The van der Waals surface area contributed by atoms with Crippen LogP contribution in [0.25, 0.3) is 0 Å². The van der Waals surface area contributed by atoms with Gasteiger partial charge < -0.3 is 31.7 Å². The molecular formula is C24H39N5O8. The van der Waals surface area contributed by atoms with E-state index in [4.69, 9.17) is 10.8 Å². The van der Waals surface area contributed by atoms with Crippen molar-refractivity contribution in [1.82, 2.24) is 20.9 Å². The van der Waals surface area contributed by atoms with Gasteiger partial charge in [0, 0.05) is 31.3 Å². The number of amides is 5. The summed E-state index contributed by atoms with van der Waals surface area (Å²) in [5, 5.41) is 16.3. The summed E-state index contributed by atoms with van der Waals surface area (Å²) in [6.45, 7) is 7.01. The lowest BCUT2D eigenvalue weighted by Crippen LogP contribution is -2.54. The Morgan fingerprint density at radius 2 is 1.57 bits per heavy atom. The Bertz CT molecular complexity index is 890. The van der Waals surface area contributed by atoms with E-state index in [-0.39, 0.29) is 37.5 Å². The average molecular weight is 526 g/mol. The highest BCUT2D eigenvalue weighted by Crippen LogP contribution is 2.18. The summed E-state index contributed by atoms with van der Waals surface area (Å²) < 4.78 is 0. The fourth-order valence-electron chi connectivity index (χ4n) is 3.58. The number of nitrogens with two attached hydrogens (primary N) is 1. The van der Waals surface area contributed by atoms with E-state index in [0.29, 0.717) is 25.9 Å². The van der Waals surface area contributed by atoms with E-state index in [1.807, 2.05) is 0 Å². The number of carboxylic acid groups (broad SMARTS) is 1. The molecule has 6 N–H and O–H groups in total. The Kier molecular flexibility index (Phi) is 12.2. The molecule has 1 fully saturated rings. The third-order valence-electron chi connectivity index (χ3n) is 6.06. The minimum Gasteiger partial charge on any atom is -0.481 e. The average Bonchev–Trinajstić information content (AvgIpc) is 2.80. The van der Waals surface area contributed by atoms with E-state index < -0.39 is 59.4 Å². The number of rotatable bonds is 13. The molecule has 0 aliphatic carbocycles. The summed E-state index contributed by atoms with van der Waals surface area (Å²) in [4.78, 5) is 85.5. The van der Waals surface area contributed by atoms with Crippen molar-refractivity contribution in [3.05, 3.63) is 0 Å². The number of Topliss-reactive ketones (excluding diaryl/α,β-unsaturated/α-hetero) is 1. The van der Waals surface area contributed by atoms with Gasteiger partial charge in [-0.1, -0.05) is 20.8 Å². The normalized spacial score (nSPS) is 15.7. The minimum atomic E-state index is -1.32. The van der Waals surface area contributed by atoms with Crippen LogP contribution in [0.2, 0.25) is 0 Å². The molecule has 0 aromatic rings. The lowest BCUT2D eigenvalue weighted by Gasteiger charge is -2.30. The van der Waals surface area contributed by atoms with Gasteiger partial charge in [0.25, 0.3) is 0 Å². The largest absolute Gasteiger partial charge is 0.481 e. The molecule has 2 atom stereocenters. The molecule has 1 aliphatic rings. The van der Waals surface area contributed by atoms with E-state index >= 15 is 0 Å². The van der Waals surface area contributed by atoms with Crippen LogP contribution in [0.3, 0.4) is 0 Å². The van der Waals surface area contributed by atoms with Gasteiger partial charge in [-0.05, 0) is 26.2 Å². The molecule has 0 aromatic carbocycles. The van der Waals surface area contributed by atoms with Gasteiger partial charge in [0.1, 0.15) is 12.1 Å². The summed E-state index contributed by atoms with van der Waals surface area (Å²) in [5.74, 6) is -4.53. The zero-order valence-corrected chi connectivity index (χ0v) is 21.9. The fourth-order valence-corrected chi connectivity index (χ4v) is 3.58. The van der Waals surface area contributed by atoms with E-state index in [2.05, 4.69) is 16.0 Å². The summed E-state index contributed by atoms with van der Waals surface area (Å²) in [6.07, 6.45) is 0.442. The summed E-state index contributed by atoms with van der Waals surface area (Å²) in [7, 11) is 0. The van der Waals surface area contributed by atoms with Gasteiger partial charge in [0.15, 0.2) is 5.78 Å². The minimum absolute atomic E-state index is 0.0718. The number of aliphatic carboxylic acids is 1. The highest BCUT2D eigenvalue weighted by molar-refractivity contribution is 5.95. The summed E-state index contributed by atoms with van der Waals surface area (Å²) >= 11 is 0. The zero-order chi connectivity index (χ0) is 28.3. The number of hydrogen-bond acceptors (Lipinski definition) is 7. The molecule has 5 amide bonds. The molecule has 1 saturated heterocycles. The number of carboxylic acids is 1. The molecule has 0 radical (unpaired) electrons. The molecule has 1 heterocycles. The number of nitrogens with zero attached hydrogens (tertiary/aromatic N) is 1. The molecule has 37 heavy (non-hydrogen) atoms. The Hall–Kier alpha value is -3.51. The van der Waals surface area contributed by atoms with Crippen molar-refractivity contribution in [1.29, 1.82) is 0 Å². The van der Waals surface area contributed by atoms with E-state index in [9.17, 15) is 33.6 Å². The fraction of sp³-hybridized carbons (Fsp3) is 0.708. The molecule has 0 bridgehead atoms. The summed E-state index contributed by atoms with van der Waals surface area (Å²) in [6, 6.07) is -2.36. The van der Waals surface area contributed by atoms with Crippen LogP contribution in [-0.2, 0) is 33.6 Å². The smallest absolute Gasteiger partial charge is 0.306 e. The maximum absolute atomic E-state index is 12.6. The van der Waals surface area contributed by atoms with Gasteiger partial charge >= 0.3 is 5.97 Å². The number of carbonyl (C=O) groups excluding carboxylic acids is 6. The van der Waals surface area contributed by atoms with Crippen molar-refractivity contribution in [2.45, 2.75) is 78.3 Å². The highest BCUT2D eigenvalue weighted by Gasteiger charge is 2.28. The van der Waals surface area contributed by atoms with Crippen LogP contribution in [0.1, 0.15) is 66.2 Å². The van der Waals surface area contributed by atoms with Crippen molar-refractivity contribution in [3.8, 4) is 0 Å². The number of likely N-dealkylation sites (tertiary alicyclic amines) is 1. The van der Waals surface area contributed by atoms with E-state index in [1.54, 1.807) is 25.7 Å². The van der Waals surface area contributed by atoms with E-state index in [0.717, 1.165) is 0 Å². The van der Waals surface area contributed by atoms with Crippen LogP contribution in [0.15, 0.2) is 0 Å². The quantitative estimate of drug-likeness (QED) is 0.203. The molecule has 0 saturated carbocycles. The molecule has 0 spiro atoms. The monoisotopic (exact) mass is 525 g/mol. The Morgan fingerprint density at radius 1 is 0.973 bits per heavy atom. The molecule has 208 valence electrons. The SMILES string of the molecule is C[C@H](NC(=O)[C@H](CC(N)=O)NC(=O)CCCC(=O)N1CCC(C(=O)O)CC1)C(=O)NCC(=O)C(C)(C)C. The molecule has 1 rings (SSSR count). The summed E-state index contributed by atoms with van der Waals surface area (Å²) in [5.41, 5.74) is 4.56. The molecule has 13 heteroatoms. The maximum Gasteiger partial charge on any atom is 0.306 e. The molecule has 1 aliphatic heterocycles. The third kappa shape index (κ3) is 11.4. The Balaban J connectivity index is 2.52. The van der Waals surface area contributed by atoms with Gasteiger partial charge in [-0.15, -0.1) is 0 Å². The van der Waals surface area contributed by atoms with Crippen LogP contribution in [0.4, 0.5) is 0 Å². The van der Waals surface area contributed by atoms with Crippen LogP contribution in [-0.4, -0.2) is 83.0 Å². The Morgan fingerprint density at radius 3 is 2.08 bits per heavy atom. The van der Waals surface area contributed by atoms with Gasteiger partial charge in [-0.25, -0.2) is 0 Å². The van der Waals surface area contributed by atoms with Crippen molar-refractivity contribution in [2.24, 2.45) is 17.1 Å². The number of hydrogen-bond donors (Lipinski definition) is 5. The first-order chi connectivity index (χ1) is 17.1. The zero-order valence-electron chi connectivity index (χ0n) is 21.9. The number of ketones is 1. The first-order valence-electron chi connectivity index (χ1n) is 12.3. The number of carbonyl (C=O) groups is 7. The second kappa shape index (κ2) is 14.3. The predicted octanol–water partition coefficient (Wildman–Crippen LogP) is -0.924. The molecule has 0 aromatic heterocycles. The number of piperidine rings is 1. The highest BCUT2D eigenvalue weighted by atomic mass is 16.4. The number of primary amides is 1. The third-order valence-corrected chi connectivity index (χ3v) is 6.06. The standard InChI is InChI=1S/C24H39N5O8/c1-14(21(34)26-13-17(30)24(2,3)4)27-22(35)16(12-18(25)31)28-19(32)6-5-7-20(33)29-10-8-15(9-11-29)23(36)37/h14-16H,5-13H2,1-4H3,(H2,25,31)(H,26,34)(H,27,35)(H,28,32)(H,36,37)/t14-,16-/m0/s1. The predicted molar refractivity (Wildman–Crippen MR) is 132 cm³/mol. The maximum atomic E-state index is 12.6. The number of nitrogens with one attached hydrogen (secondary N) is 3. The van der Waals surface area contributed by atoms with Gasteiger partial charge in [-0.2, -0.15) is 0 Å². The topological polar surface area (TPSA) is 205 Å². The lowest BCUT2D eigenvalue weighted by atomic mass is 9.91. The lowest BCUT2D eigenvalue weighted by molar-refractivity contribution is -0.145. The van der Waals surface area contributed by atoms with Gasteiger partial charge in [0.05, 0.1) is 18.9 Å². The molecule has 13 nitrogen and oxygen atoms in total. The second-order valence-electron chi connectivity index (χ2n) is 10.3. The van der Waals surface area contributed by atoms with Crippen LogP contribution >= 0.6 is 0 Å². The van der Waals surface area contributed by atoms with E-state index in [1.165, 1.54) is 6.92 Å². The molecular weight excluding hydrogens is 486 g/mol. The first kappa shape index (κ1) is 31.5. The van der Waals surface area contributed by atoms with Crippen molar-refractivity contribution >= 4 is 41.3 Å². The van der Waals surface area contributed by atoms with Gasteiger partial charge in [-0.3, -0.25) is 33.6 Å². The van der Waals surface area contributed by atoms with Crippen molar-refractivity contribution < 1.29 is 38.7 Å². The Labute approximate surface area is 216 Å². The van der Waals surface area contributed by atoms with Crippen LogP contribution < -0.4 is 21.7 Å². The first-order valence-corrected chi connectivity index (χ1v) is 12.3. The second-order valence-corrected chi connectivity index (χ2v) is 10.3. The van der Waals surface area contributed by atoms with Crippen molar-refractivity contribution in [2.75, 3.05) is 19.6 Å².